The van der Waals surface area contributed by atoms with Gasteiger partial charge < -0.3 is 14.8 Å². The summed E-state index contributed by atoms with van der Waals surface area (Å²) in [6.45, 7) is 7.59. The fourth-order valence-corrected chi connectivity index (χ4v) is 6.59. The maximum Gasteiger partial charge on any atom is 0.271 e. The van der Waals surface area contributed by atoms with Gasteiger partial charge in [-0.1, -0.05) is 13.8 Å². The predicted molar refractivity (Wildman–Crippen MR) is 131 cm³/mol. The smallest absolute Gasteiger partial charge is 0.271 e. The van der Waals surface area contributed by atoms with Crippen molar-refractivity contribution in [1.29, 1.82) is 0 Å². The van der Waals surface area contributed by atoms with Crippen LogP contribution in [-0.4, -0.2) is 50.9 Å². The van der Waals surface area contributed by atoms with Crippen LogP contribution in [-0.2, 0) is 11.3 Å². The molecule has 2 amide bonds. The third kappa shape index (κ3) is 4.54. The zero-order valence-electron chi connectivity index (χ0n) is 19.0. The normalized spacial score (nSPS) is 26.3. The summed E-state index contributed by atoms with van der Waals surface area (Å²) < 4.78 is 3.19. The van der Waals surface area contributed by atoms with Crippen molar-refractivity contribution in [3.05, 3.63) is 23.2 Å². The molecular formula is C24H35N3O2S2. The third-order valence-corrected chi connectivity index (χ3v) is 9.04. The van der Waals surface area contributed by atoms with E-state index in [1.54, 1.807) is 11.3 Å². The number of hydrogen-bond donors (Lipinski definition) is 1. The minimum Gasteiger partial charge on any atom is -0.351 e. The zero-order valence-corrected chi connectivity index (χ0v) is 20.6. The van der Waals surface area contributed by atoms with Gasteiger partial charge >= 0.3 is 0 Å². The predicted octanol–water partition coefficient (Wildman–Crippen LogP) is 5.15. The lowest BCUT2D eigenvalue weighted by Gasteiger charge is -2.45. The summed E-state index contributed by atoms with van der Waals surface area (Å²) in [7, 11) is 0. The molecule has 7 heteroatoms. The topological polar surface area (TPSA) is 54.3 Å². The van der Waals surface area contributed by atoms with Crippen LogP contribution in [0, 0.1) is 5.92 Å². The molecule has 2 aromatic rings. The number of amides is 2. The van der Waals surface area contributed by atoms with Gasteiger partial charge in [-0.3, -0.25) is 9.59 Å². The molecule has 4 rings (SSSR count). The van der Waals surface area contributed by atoms with E-state index in [0.29, 0.717) is 13.1 Å². The average Bonchev–Trinajstić information content (AvgIpc) is 3.34. The number of nitrogens with one attached hydrogen (secondary N) is 1. The highest BCUT2D eigenvalue weighted by molar-refractivity contribution is 7.99. The minimum atomic E-state index is -0.865. The summed E-state index contributed by atoms with van der Waals surface area (Å²) in [5.74, 6) is 2.90. The second-order valence-corrected chi connectivity index (χ2v) is 11.6. The fraction of sp³-hybridized carbons (Fsp3) is 0.667. The van der Waals surface area contributed by atoms with Gasteiger partial charge in [0.2, 0.25) is 5.91 Å². The van der Waals surface area contributed by atoms with E-state index >= 15 is 0 Å². The molecule has 0 unspecified atom stereocenters. The molecule has 170 valence electrons. The molecule has 0 bridgehead atoms. The molecule has 1 aliphatic heterocycles. The molecule has 1 atom stereocenters. The summed E-state index contributed by atoms with van der Waals surface area (Å²) in [6.07, 6.45) is 6.47. The lowest BCUT2D eigenvalue weighted by Crippen LogP contribution is -2.65. The van der Waals surface area contributed by atoms with Gasteiger partial charge in [0.1, 0.15) is 11.2 Å². The Morgan fingerprint density at radius 2 is 2.06 bits per heavy atom. The molecule has 3 heterocycles. The van der Waals surface area contributed by atoms with Crippen molar-refractivity contribution < 1.29 is 9.59 Å². The summed E-state index contributed by atoms with van der Waals surface area (Å²) in [5, 5.41) is 5.38. The SMILES string of the molecule is CCCSCCCN1C(=O)c2cc3sccc3n2C[C@@]1(C)C(=O)NC1CCC(C)CC1. The quantitative estimate of drug-likeness (QED) is 0.554. The highest BCUT2D eigenvalue weighted by atomic mass is 32.2. The van der Waals surface area contributed by atoms with Crippen LogP contribution in [0.25, 0.3) is 10.2 Å². The molecule has 0 radical (unpaired) electrons. The Labute approximate surface area is 193 Å². The van der Waals surface area contributed by atoms with Crippen molar-refractivity contribution in [2.45, 2.75) is 77.4 Å². The van der Waals surface area contributed by atoms with E-state index in [-0.39, 0.29) is 17.9 Å². The summed E-state index contributed by atoms with van der Waals surface area (Å²) in [6, 6.07) is 4.29. The highest BCUT2D eigenvalue weighted by Gasteiger charge is 2.48. The number of carbonyl (C=O) groups is 2. The van der Waals surface area contributed by atoms with E-state index in [2.05, 4.69) is 35.2 Å². The van der Waals surface area contributed by atoms with E-state index in [9.17, 15) is 9.59 Å². The summed E-state index contributed by atoms with van der Waals surface area (Å²) in [5.41, 5.74) is 0.924. The number of rotatable bonds is 8. The first-order valence-corrected chi connectivity index (χ1v) is 13.7. The van der Waals surface area contributed by atoms with Crippen LogP contribution >= 0.6 is 23.1 Å². The van der Waals surface area contributed by atoms with Crippen LogP contribution in [0.15, 0.2) is 17.5 Å². The standard InChI is InChI=1S/C24H35N3O2S2/c1-4-12-30-13-5-11-27-22(28)20-15-21-19(10-14-31-21)26(20)16-24(27,3)23(29)25-18-8-6-17(2)7-9-18/h10,14-15,17-18H,4-9,11-13,16H2,1-3H3,(H,25,29)/t17?,18?,24-/m0/s1. The number of thiophene rings is 1. The molecule has 5 nitrogen and oxygen atoms in total. The monoisotopic (exact) mass is 461 g/mol. The van der Waals surface area contributed by atoms with Crippen LogP contribution < -0.4 is 5.32 Å². The van der Waals surface area contributed by atoms with E-state index in [4.69, 9.17) is 0 Å². The van der Waals surface area contributed by atoms with Crippen LogP contribution in [0.4, 0.5) is 0 Å². The number of nitrogens with zero attached hydrogens (tertiary/aromatic N) is 2. The van der Waals surface area contributed by atoms with Gasteiger partial charge in [0.15, 0.2) is 0 Å². The first kappa shape index (κ1) is 22.7. The molecule has 2 aromatic heterocycles. The molecule has 1 aliphatic carbocycles. The lowest BCUT2D eigenvalue weighted by atomic mass is 9.86. The first-order valence-electron chi connectivity index (χ1n) is 11.7. The van der Waals surface area contributed by atoms with Crippen molar-refractivity contribution in [3.63, 3.8) is 0 Å². The van der Waals surface area contributed by atoms with Crippen molar-refractivity contribution in [2.24, 2.45) is 5.92 Å². The van der Waals surface area contributed by atoms with E-state index in [1.807, 2.05) is 29.7 Å². The Balaban J connectivity index is 1.57. The second kappa shape index (κ2) is 9.57. The molecule has 0 saturated heterocycles. The van der Waals surface area contributed by atoms with Gasteiger partial charge in [0.05, 0.1) is 16.8 Å². The van der Waals surface area contributed by atoms with Gasteiger partial charge in [-0.25, -0.2) is 0 Å². The van der Waals surface area contributed by atoms with Gasteiger partial charge in [-0.15, -0.1) is 11.3 Å². The molecule has 1 fully saturated rings. The maximum absolute atomic E-state index is 13.6. The van der Waals surface area contributed by atoms with Crippen molar-refractivity contribution >= 4 is 45.1 Å². The summed E-state index contributed by atoms with van der Waals surface area (Å²) >= 11 is 3.58. The van der Waals surface area contributed by atoms with Crippen molar-refractivity contribution in [1.82, 2.24) is 14.8 Å². The second-order valence-electron chi connectivity index (χ2n) is 9.41. The molecule has 31 heavy (non-hydrogen) atoms. The van der Waals surface area contributed by atoms with Gasteiger partial charge in [-0.2, -0.15) is 11.8 Å². The first-order chi connectivity index (χ1) is 14.9. The number of carbonyl (C=O) groups excluding carboxylic acids is 2. The van der Waals surface area contributed by atoms with Crippen LogP contribution in [0.2, 0.25) is 0 Å². The molecule has 1 saturated carbocycles. The Kier molecular flexibility index (Phi) is 7.01. The Morgan fingerprint density at radius 1 is 1.29 bits per heavy atom. The molecule has 0 aromatic carbocycles. The third-order valence-electron chi connectivity index (χ3n) is 6.91. The Hall–Kier alpha value is -1.47. The molecular weight excluding hydrogens is 426 g/mol. The minimum absolute atomic E-state index is 0.00402. The highest BCUT2D eigenvalue weighted by Crippen LogP contribution is 2.35. The Morgan fingerprint density at radius 3 is 2.81 bits per heavy atom. The molecule has 0 spiro atoms. The van der Waals surface area contributed by atoms with Crippen LogP contribution in [0.5, 0.6) is 0 Å². The van der Waals surface area contributed by atoms with Crippen LogP contribution in [0.3, 0.4) is 0 Å². The Bertz CT molecular complexity index is 929. The van der Waals surface area contributed by atoms with Crippen LogP contribution in [0.1, 0.15) is 69.8 Å². The average molecular weight is 462 g/mol. The molecule has 2 aliphatic rings. The van der Waals surface area contributed by atoms with Crippen molar-refractivity contribution in [2.75, 3.05) is 18.1 Å². The van der Waals surface area contributed by atoms with E-state index in [0.717, 1.165) is 71.9 Å². The number of hydrogen-bond acceptors (Lipinski definition) is 4. The fourth-order valence-electron chi connectivity index (χ4n) is 4.94. The van der Waals surface area contributed by atoms with Gasteiger partial charge in [-0.05, 0) is 80.4 Å². The van der Waals surface area contributed by atoms with E-state index < -0.39 is 5.54 Å². The summed E-state index contributed by atoms with van der Waals surface area (Å²) in [4.78, 5) is 29.1. The van der Waals surface area contributed by atoms with Gasteiger partial charge in [0.25, 0.3) is 5.91 Å². The lowest BCUT2D eigenvalue weighted by molar-refractivity contribution is -0.133. The van der Waals surface area contributed by atoms with E-state index in [1.165, 1.54) is 0 Å². The number of thioether (sulfide) groups is 1. The zero-order chi connectivity index (χ0) is 22.0. The largest absolute Gasteiger partial charge is 0.351 e. The number of fused-ring (bicyclic) bond motifs is 3. The van der Waals surface area contributed by atoms with Gasteiger partial charge in [0, 0.05) is 12.6 Å². The molecule has 1 N–H and O–H groups in total. The van der Waals surface area contributed by atoms with Crippen molar-refractivity contribution in [3.8, 4) is 0 Å². The number of aromatic nitrogens is 1. The maximum atomic E-state index is 13.6.